The van der Waals surface area contributed by atoms with Gasteiger partial charge in [0.15, 0.2) is 0 Å². The zero-order valence-corrected chi connectivity index (χ0v) is 9.03. The summed E-state index contributed by atoms with van der Waals surface area (Å²) in [5.41, 5.74) is 5.81. The average molecular weight is 226 g/mol. The van der Waals surface area contributed by atoms with Crippen molar-refractivity contribution in [3.63, 3.8) is 0 Å². The molecule has 1 rings (SSSR count). The molecular formula is C11H15FN2O2. The third-order valence-corrected chi connectivity index (χ3v) is 2.11. The first-order valence-electron chi connectivity index (χ1n) is 4.98. The highest BCUT2D eigenvalue weighted by Gasteiger charge is 2.09. The highest BCUT2D eigenvalue weighted by Crippen LogP contribution is 2.10. The Kier molecular flexibility index (Phi) is 4.25. The number of nitrogen functional groups attached to an aromatic ring is 1. The molecule has 1 aromatic rings. The number of hydrogen-bond donors (Lipinski definition) is 3. The first-order valence-corrected chi connectivity index (χ1v) is 4.98. The minimum atomic E-state index is -0.541. The molecule has 0 aliphatic carbocycles. The van der Waals surface area contributed by atoms with Gasteiger partial charge in [0.05, 0.1) is 0 Å². The highest BCUT2D eigenvalue weighted by molar-refractivity contribution is 5.95. The van der Waals surface area contributed by atoms with Gasteiger partial charge in [-0.15, -0.1) is 0 Å². The molecule has 4 nitrogen and oxygen atoms in total. The SMILES string of the molecule is CC(CO)CNC(=O)c1cc(N)cc(F)c1. The molecule has 0 heterocycles. The first kappa shape index (κ1) is 12.4. The molecular weight excluding hydrogens is 211 g/mol. The molecule has 0 fully saturated rings. The molecule has 16 heavy (non-hydrogen) atoms. The standard InChI is InChI=1S/C11H15FN2O2/c1-7(6-15)5-14-11(16)8-2-9(12)4-10(13)3-8/h2-4,7,15H,5-6,13H2,1H3,(H,14,16). The Morgan fingerprint density at radius 2 is 2.25 bits per heavy atom. The third kappa shape index (κ3) is 3.51. The number of nitrogens with one attached hydrogen (secondary N) is 1. The van der Waals surface area contributed by atoms with Gasteiger partial charge in [-0.25, -0.2) is 4.39 Å². The van der Waals surface area contributed by atoms with Crippen molar-refractivity contribution in [1.29, 1.82) is 0 Å². The number of hydrogen-bond acceptors (Lipinski definition) is 3. The molecule has 1 amide bonds. The van der Waals surface area contributed by atoms with Crippen molar-refractivity contribution in [2.75, 3.05) is 18.9 Å². The van der Waals surface area contributed by atoms with Crippen LogP contribution in [-0.2, 0) is 0 Å². The summed E-state index contributed by atoms with van der Waals surface area (Å²) in [7, 11) is 0. The fourth-order valence-corrected chi connectivity index (χ4v) is 1.18. The lowest BCUT2D eigenvalue weighted by molar-refractivity contribution is 0.0942. The molecule has 1 atom stereocenters. The number of benzene rings is 1. The van der Waals surface area contributed by atoms with Crippen LogP contribution in [0.25, 0.3) is 0 Å². The fraction of sp³-hybridized carbons (Fsp3) is 0.364. The Bertz CT molecular complexity index is 362. The lowest BCUT2D eigenvalue weighted by Gasteiger charge is -2.09. The van der Waals surface area contributed by atoms with Gasteiger partial charge >= 0.3 is 0 Å². The summed E-state index contributed by atoms with van der Waals surface area (Å²) >= 11 is 0. The summed E-state index contributed by atoms with van der Waals surface area (Å²) < 4.78 is 13.0. The van der Waals surface area contributed by atoms with Crippen LogP contribution in [0.5, 0.6) is 0 Å². The summed E-state index contributed by atoms with van der Waals surface area (Å²) in [4.78, 5) is 11.6. The van der Waals surface area contributed by atoms with E-state index in [1.54, 1.807) is 6.92 Å². The first-order chi connectivity index (χ1) is 7.52. The molecule has 0 bridgehead atoms. The molecule has 5 heteroatoms. The second-order valence-corrected chi connectivity index (χ2v) is 3.77. The topological polar surface area (TPSA) is 75.3 Å². The second-order valence-electron chi connectivity index (χ2n) is 3.77. The number of aliphatic hydroxyl groups is 1. The van der Waals surface area contributed by atoms with Crippen molar-refractivity contribution < 1.29 is 14.3 Å². The van der Waals surface area contributed by atoms with Gasteiger partial charge in [-0.1, -0.05) is 6.92 Å². The van der Waals surface area contributed by atoms with Crippen LogP contribution in [-0.4, -0.2) is 24.2 Å². The van der Waals surface area contributed by atoms with Crippen molar-refractivity contribution in [3.8, 4) is 0 Å². The van der Waals surface area contributed by atoms with E-state index in [0.29, 0.717) is 6.54 Å². The van der Waals surface area contributed by atoms with Gasteiger partial charge in [0.25, 0.3) is 5.91 Å². The van der Waals surface area contributed by atoms with Gasteiger partial charge in [-0.2, -0.15) is 0 Å². The summed E-state index contributed by atoms with van der Waals surface area (Å²) in [5.74, 6) is -0.971. The van der Waals surface area contributed by atoms with Gasteiger partial charge in [-0.05, 0) is 24.1 Å². The number of aliphatic hydroxyl groups excluding tert-OH is 1. The molecule has 88 valence electrons. The van der Waals surface area contributed by atoms with Crippen LogP contribution in [0, 0.1) is 11.7 Å². The number of halogens is 1. The number of anilines is 1. The summed E-state index contributed by atoms with van der Waals surface area (Å²) in [6.07, 6.45) is 0. The minimum Gasteiger partial charge on any atom is -0.399 e. The Balaban J connectivity index is 2.66. The van der Waals surface area contributed by atoms with E-state index in [1.165, 1.54) is 6.07 Å². The van der Waals surface area contributed by atoms with Gasteiger partial charge in [-0.3, -0.25) is 4.79 Å². The quantitative estimate of drug-likeness (QED) is 0.664. The molecule has 0 saturated heterocycles. The van der Waals surface area contributed by atoms with E-state index in [0.717, 1.165) is 12.1 Å². The fourth-order valence-electron chi connectivity index (χ4n) is 1.18. The molecule has 0 radical (unpaired) electrons. The van der Waals surface area contributed by atoms with Crippen LogP contribution in [0.2, 0.25) is 0 Å². The van der Waals surface area contributed by atoms with E-state index in [1.807, 2.05) is 0 Å². The maximum Gasteiger partial charge on any atom is 0.251 e. The molecule has 0 spiro atoms. The van der Waals surface area contributed by atoms with Crippen molar-refractivity contribution in [3.05, 3.63) is 29.6 Å². The normalized spacial score (nSPS) is 12.2. The van der Waals surface area contributed by atoms with Crippen LogP contribution < -0.4 is 11.1 Å². The van der Waals surface area contributed by atoms with E-state index >= 15 is 0 Å². The van der Waals surface area contributed by atoms with Crippen molar-refractivity contribution >= 4 is 11.6 Å². The molecule has 0 aromatic heterocycles. The second kappa shape index (κ2) is 5.46. The lowest BCUT2D eigenvalue weighted by atomic mass is 10.1. The molecule has 0 aliphatic heterocycles. The monoisotopic (exact) mass is 226 g/mol. The van der Waals surface area contributed by atoms with E-state index in [2.05, 4.69) is 5.32 Å². The van der Waals surface area contributed by atoms with Crippen LogP contribution in [0.3, 0.4) is 0 Å². The Hall–Kier alpha value is -1.62. The summed E-state index contributed by atoms with van der Waals surface area (Å²) in [6.45, 7) is 2.12. The van der Waals surface area contributed by atoms with Crippen LogP contribution in [0.15, 0.2) is 18.2 Å². The highest BCUT2D eigenvalue weighted by atomic mass is 19.1. The smallest absolute Gasteiger partial charge is 0.251 e. The number of nitrogens with two attached hydrogens (primary N) is 1. The maximum atomic E-state index is 13.0. The van der Waals surface area contributed by atoms with Crippen LogP contribution >= 0.6 is 0 Å². The Morgan fingerprint density at radius 3 is 2.81 bits per heavy atom. The number of rotatable bonds is 4. The van der Waals surface area contributed by atoms with E-state index in [9.17, 15) is 9.18 Å². The minimum absolute atomic E-state index is 0.00836. The summed E-state index contributed by atoms with van der Waals surface area (Å²) in [5, 5.41) is 11.4. The van der Waals surface area contributed by atoms with Crippen LogP contribution in [0.4, 0.5) is 10.1 Å². The third-order valence-electron chi connectivity index (χ3n) is 2.11. The lowest BCUT2D eigenvalue weighted by Crippen LogP contribution is -2.29. The molecule has 1 unspecified atom stereocenters. The van der Waals surface area contributed by atoms with Gasteiger partial charge < -0.3 is 16.2 Å². The number of carbonyl (C=O) groups excluding carboxylic acids is 1. The number of carbonyl (C=O) groups is 1. The molecule has 0 saturated carbocycles. The summed E-state index contributed by atoms with van der Waals surface area (Å²) in [6, 6.07) is 3.67. The average Bonchev–Trinajstić information content (AvgIpc) is 2.23. The number of amides is 1. The van der Waals surface area contributed by atoms with Crippen LogP contribution in [0.1, 0.15) is 17.3 Å². The largest absolute Gasteiger partial charge is 0.399 e. The van der Waals surface area contributed by atoms with E-state index in [4.69, 9.17) is 10.8 Å². The van der Waals surface area contributed by atoms with Crippen molar-refractivity contribution in [2.24, 2.45) is 5.92 Å². The Labute approximate surface area is 93.3 Å². The zero-order chi connectivity index (χ0) is 12.1. The van der Waals surface area contributed by atoms with Crippen molar-refractivity contribution in [2.45, 2.75) is 6.92 Å². The predicted molar refractivity (Wildman–Crippen MR) is 59.4 cm³/mol. The maximum absolute atomic E-state index is 13.0. The zero-order valence-electron chi connectivity index (χ0n) is 9.03. The van der Waals surface area contributed by atoms with E-state index in [-0.39, 0.29) is 23.8 Å². The van der Waals surface area contributed by atoms with Crippen molar-refractivity contribution in [1.82, 2.24) is 5.32 Å². The molecule has 4 N–H and O–H groups in total. The Morgan fingerprint density at radius 1 is 1.56 bits per heavy atom. The van der Waals surface area contributed by atoms with Gasteiger partial charge in [0.2, 0.25) is 0 Å². The predicted octanol–water partition coefficient (Wildman–Crippen LogP) is 0.766. The van der Waals surface area contributed by atoms with Gasteiger partial charge in [0.1, 0.15) is 5.82 Å². The molecule has 0 aliphatic rings. The van der Waals surface area contributed by atoms with Gasteiger partial charge in [0, 0.05) is 24.4 Å². The van der Waals surface area contributed by atoms with E-state index < -0.39 is 11.7 Å². The molecule has 1 aromatic carbocycles.